The van der Waals surface area contributed by atoms with Crippen molar-refractivity contribution in [2.75, 3.05) is 13.1 Å². The van der Waals surface area contributed by atoms with Gasteiger partial charge in [0.05, 0.1) is 23.1 Å². The van der Waals surface area contributed by atoms with Gasteiger partial charge in [-0.3, -0.25) is 25.0 Å². The van der Waals surface area contributed by atoms with Crippen molar-refractivity contribution in [3.05, 3.63) is 73.1 Å². The summed E-state index contributed by atoms with van der Waals surface area (Å²) in [5.74, 6) is -2.03. The molecule has 1 fully saturated rings. The Morgan fingerprint density at radius 3 is 2.61 bits per heavy atom. The Balaban J connectivity index is 1.24. The summed E-state index contributed by atoms with van der Waals surface area (Å²) < 4.78 is 27.3. The van der Waals surface area contributed by atoms with Crippen LogP contribution in [0.2, 0.25) is 0 Å². The first kappa shape index (κ1) is 22.5. The average molecular weight is 510 g/mol. The van der Waals surface area contributed by atoms with Gasteiger partial charge in [-0.05, 0) is 35.9 Å². The molecule has 0 aromatic carbocycles. The molecule has 1 saturated heterocycles. The minimum Gasteiger partial charge on any atom is -0.336 e. The number of fused-ring (bicyclic) bond motifs is 2. The number of aromatic nitrogens is 8. The topological polar surface area (TPSA) is 112 Å². The predicted octanol–water partition coefficient (Wildman–Crippen LogP) is 4.86. The van der Waals surface area contributed by atoms with Crippen LogP contribution in [0.3, 0.4) is 0 Å². The Morgan fingerprint density at radius 1 is 0.895 bits per heavy atom. The van der Waals surface area contributed by atoms with Gasteiger partial charge in [0.15, 0.2) is 11.5 Å². The molecule has 0 spiro atoms. The van der Waals surface area contributed by atoms with Crippen molar-refractivity contribution in [3.63, 3.8) is 0 Å². The van der Waals surface area contributed by atoms with E-state index in [1.807, 2.05) is 30.3 Å². The van der Waals surface area contributed by atoms with Gasteiger partial charge in [-0.1, -0.05) is 0 Å². The van der Waals surface area contributed by atoms with Gasteiger partial charge in [-0.25, -0.2) is 18.7 Å². The second-order valence-electron chi connectivity index (χ2n) is 9.47. The number of alkyl halides is 2. The molecule has 38 heavy (non-hydrogen) atoms. The second-order valence-corrected chi connectivity index (χ2v) is 9.47. The molecule has 0 aliphatic carbocycles. The predicted molar refractivity (Wildman–Crippen MR) is 138 cm³/mol. The number of nitrogens with zero attached hydrogens (tertiary/aromatic N) is 7. The van der Waals surface area contributed by atoms with Gasteiger partial charge in [0.2, 0.25) is 0 Å². The molecule has 0 unspecified atom stereocenters. The number of hydrogen-bond acceptors (Lipinski definition) is 7. The fraction of sp³-hybridized carbons (Fsp3) is 0.185. The minimum atomic E-state index is -2.62. The first-order valence-electron chi connectivity index (χ1n) is 12.2. The maximum atomic E-state index is 13.6. The van der Waals surface area contributed by atoms with Crippen LogP contribution < -0.4 is 0 Å². The molecule has 0 saturated carbocycles. The van der Waals surface area contributed by atoms with E-state index in [0.29, 0.717) is 30.3 Å². The van der Waals surface area contributed by atoms with Gasteiger partial charge in [0.1, 0.15) is 11.2 Å². The maximum Gasteiger partial charge on any atom is 0.261 e. The minimum absolute atomic E-state index is 0.105. The van der Waals surface area contributed by atoms with Crippen LogP contribution >= 0.6 is 0 Å². The van der Waals surface area contributed by atoms with Gasteiger partial charge in [-0.15, -0.1) is 0 Å². The number of halogens is 2. The molecular formula is C27H21F2N9. The molecule has 0 bridgehead atoms. The molecule has 0 atom stereocenters. The van der Waals surface area contributed by atoms with Crippen LogP contribution in [-0.2, 0) is 6.54 Å². The average Bonchev–Trinajstić information content (AvgIpc) is 3.64. The summed E-state index contributed by atoms with van der Waals surface area (Å²) in [5, 5.41) is 8.27. The van der Waals surface area contributed by atoms with E-state index in [9.17, 15) is 8.78 Å². The SMILES string of the molecule is FC1(F)CCN(Cc2cncc(-c3cnc4[nH]nc(-c5nc6c(-c7ccncc7)nccc6[nH]5)c4c3)c2)C1. The molecule has 1 aliphatic rings. The summed E-state index contributed by atoms with van der Waals surface area (Å²) in [6.45, 7) is 0.577. The zero-order valence-corrected chi connectivity index (χ0v) is 20.1. The summed E-state index contributed by atoms with van der Waals surface area (Å²) in [7, 11) is 0. The highest BCUT2D eigenvalue weighted by molar-refractivity contribution is 5.96. The van der Waals surface area contributed by atoms with Gasteiger partial charge in [0.25, 0.3) is 5.92 Å². The van der Waals surface area contributed by atoms with Crippen LogP contribution in [0.5, 0.6) is 0 Å². The standard InChI is InChI=1S/C27H21F2N9/c28-27(29)4-8-38(15-27)14-16-9-18(12-31-11-16)19-10-20-23(36-37-25(20)33-13-19)26-34-21-3-7-32-22(24(21)35-26)17-1-5-30-6-2-17/h1-3,5-7,9-13H,4,8,14-15H2,(H,34,35)(H,33,36,37). The third-order valence-electron chi connectivity index (χ3n) is 6.78. The Labute approximate surface area is 215 Å². The number of imidazole rings is 1. The highest BCUT2D eigenvalue weighted by atomic mass is 19.3. The van der Waals surface area contributed by atoms with Crippen molar-refractivity contribution in [1.29, 1.82) is 0 Å². The van der Waals surface area contributed by atoms with Crippen molar-refractivity contribution >= 4 is 22.1 Å². The third-order valence-corrected chi connectivity index (χ3v) is 6.78. The van der Waals surface area contributed by atoms with Gasteiger partial charge in [0, 0.05) is 73.4 Å². The van der Waals surface area contributed by atoms with E-state index in [-0.39, 0.29) is 13.0 Å². The smallest absolute Gasteiger partial charge is 0.261 e. The summed E-state index contributed by atoms with van der Waals surface area (Å²) in [4.78, 5) is 27.5. The van der Waals surface area contributed by atoms with Crippen molar-refractivity contribution in [2.45, 2.75) is 18.9 Å². The molecule has 6 aromatic heterocycles. The molecule has 11 heteroatoms. The van der Waals surface area contributed by atoms with Crippen LogP contribution in [-0.4, -0.2) is 64.0 Å². The van der Waals surface area contributed by atoms with E-state index in [0.717, 1.165) is 44.4 Å². The van der Waals surface area contributed by atoms with Crippen molar-refractivity contribution in [3.8, 4) is 33.9 Å². The fourth-order valence-corrected chi connectivity index (χ4v) is 4.94. The van der Waals surface area contributed by atoms with Crippen molar-refractivity contribution in [1.82, 2.24) is 45.0 Å². The first-order chi connectivity index (χ1) is 18.5. The lowest BCUT2D eigenvalue weighted by atomic mass is 10.1. The largest absolute Gasteiger partial charge is 0.336 e. The summed E-state index contributed by atoms with van der Waals surface area (Å²) in [6, 6.07) is 9.63. The summed E-state index contributed by atoms with van der Waals surface area (Å²) in [6.07, 6.45) is 10.3. The number of nitrogens with one attached hydrogen (secondary N) is 2. The van der Waals surface area contributed by atoms with E-state index >= 15 is 0 Å². The fourth-order valence-electron chi connectivity index (χ4n) is 4.94. The molecule has 0 amide bonds. The van der Waals surface area contributed by atoms with Crippen LogP contribution in [0.15, 0.2) is 67.5 Å². The lowest BCUT2D eigenvalue weighted by molar-refractivity contribution is 0.0115. The highest BCUT2D eigenvalue weighted by Crippen LogP contribution is 2.32. The molecule has 2 N–H and O–H groups in total. The third kappa shape index (κ3) is 4.06. The Bertz CT molecular complexity index is 1780. The van der Waals surface area contributed by atoms with E-state index in [1.54, 1.807) is 42.1 Å². The van der Waals surface area contributed by atoms with E-state index in [1.165, 1.54) is 0 Å². The molecule has 1 aliphatic heterocycles. The van der Waals surface area contributed by atoms with E-state index in [4.69, 9.17) is 4.98 Å². The maximum absolute atomic E-state index is 13.6. The lowest BCUT2D eigenvalue weighted by Crippen LogP contribution is -2.24. The summed E-state index contributed by atoms with van der Waals surface area (Å²) in [5.41, 5.74) is 7.08. The van der Waals surface area contributed by atoms with Crippen LogP contribution in [0.4, 0.5) is 8.78 Å². The van der Waals surface area contributed by atoms with E-state index in [2.05, 4.69) is 35.1 Å². The van der Waals surface area contributed by atoms with Crippen LogP contribution in [0.25, 0.3) is 56.0 Å². The van der Waals surface area contributed by atoms with Crippen LogP contribution in [0.1, 0.15) is 12.0 Å². The molecule has 0 radical (unpaired) electrons. The molecule has 188 valence electrons. The van der Waals surface area contributed by atoms with Crippen molar-refractivity contribution in [2.24, 2.45) is 0 Å². The highest BCUT2D eigenvalue weighted by Gasteiger charge is 2.37. The van der Waals surface area contributed by atoms with Gasteiger partial charge >= 0.3 is 0 Å². The number of aromatic amines is 2. The Hall–Kier alpha value is -4.64. The zero-order chi connectivity index (χ0) is 25.7. The Kier molecular flexibility index (Phi) is 5.18. The molecule has 6 aromatic rings. The number of hydrogen-bond donors (Lipinski definition) is 2. The number of H-pyrrole nitrogens is 2. The van der Waals surface area contributed by atoms with Gasteiger partial charge in [-0.2, -0.15) is 5.10 Å². The lowest BCUT2D eigenvalue weighted by Gasteiger charge is -2.15. The first-order valence-corrected chi connectivity index (χ1v) is 12.2. The van der Waals surface area contributed by atoms with Crippen LogP contribution in [0, 0.1) is 0 Å². The molecular weight excluding hydrogens is 488 g/mol. The number of rotatable bonds is 5. The number of likely N-dealkylation sites (tertiary alicyclic amines) is 1. The molecule has 9 nitrogen and oxygen atoms in total. The van der Waals surface area contributed by atoms with Gasteiger partial charge < -0.3 is 4.98 Å². The van der Waals surface area contributed by atoms with E-state index < -0.39 is 5.92 Å². The van der Waals surface area contributed by atoms with Crippen molar-refractivity contribution < 1.29 is 8.78 Å². The quantitative estimate of drug-likeness (QED) is 0.341. The Morgan fingerprint density at radius 2 is 1.76 bits per heavy atom. The second kappa shape index (κ2) is 8.73. The zero-order valence-electron chi connectivity index (χ0n) is 20.1. The molecule has 7 rings (SSSR count). The normalized spacial score (nSPS) is 15.5. The monoisotopic (exact) mass is 509 g/mol. The summed E-state index contributed by atoms with van der Waals surface area (Å²) >= 11 is 0. The molecule has 7 heterocycles. The number of pyridine rings is 4.